The first kappa shape index (κ1) is 15.1. The van der Waals surface area contributed by atoms with E-state index in [1.165, 1.54) is 17.2 Å². The Hall–Kier alpha value is -3.14. The van der Waals surface area contributed by atoms with Gasteiger partial charge in [-0.3, -0.25) is 9.89 Å². The molecule has 1 fully saturated rings. The number of aromatic nitrogens is 7. The molecule has 0 unspecified atom stereocenters. The first-order chi connectivity index (χ1) is 12.8. The minimum absolute atomic E-state index is 0.0171. The molecule has 1 N–H and O–H groups in total. The Morgan fingerprint density at radius 2 is 2.23 bits per heavy atom. The van der Waals surface area contributed by atoms with E-state index in [4.69, 9.17) is 4.98 Å². The molecule has 1 aromatic carbocycles. The predicted octanol–water partition coefficient (Wildman–Crippen LogP) is 1.97. The second kappa shape index (κ2) is 5.99. The number of aromatic amines is 1. The molecule has 1 aliphatic heterocycles. The van der Waals surface area contributed by atoms with E-state index in [2.05, 4.69) is 31.8 Å². The maximum atomic E-state index is 13.2. The molecule has 0 radical (unpaired) electrons. The average molecular weight is 366 g/mol. The third kappa shape index (κ3) is 2.37. The fourth-order valence-electron chi connectivity index (χ4n) is 3.33. The Morgan fingerprint density at radius 3 is 3.08 bits per heavy atom. The van der Waals surface area contributed by atoms with Gasteiger partial charge in [0.1, 0.15) is 16.9 Å². The van der Waals surface area contributed by atoms with E-state index in [1.807, 2.05) is 23.1 Å². The highest BCUT2D eigenvalue weighted by molar-refractivity contribution is 7.18. The van der Waals surface area contributed by atoms with Crippen LogP contribution in [0.2, 0.25) is 0 Å². The Morgan fingerprint density at radius 1 is 1.31 bits per heavy atom. The number of nitrogens with one attached hydrogen (secondary N) is 1. The Labute approximate surface area is 151 Å². The molecule has 1 aliphatic rings. The van der Waals surface area contributed by atoms with Gasteiger partial charge < -0.3 is 4.90 Å². The summed E-state index contributed by atoms with van der Waals surface area (Å²) in [5.41, 5.74) is 1.43. The molecule has 9 nitrogen and oxygen atoms in total. The lowest BCUT2D eigenvalue weighted by molar-refractivity contribution is 0.0735. The molecule has 26 heavy (non-hydrogen) atoms. The number of amides is 1. The van der Waals surface area contributed by atoms with Gasteiger partial charge in [-0.25, -0.2) is 4.98 Å². The lowest BCUT2D eigenvalue weighted by Gasteiger charge is -2.22. The number of likely N-dealkylation sites (tertiary alicyclic amines) is 1. The molecule has 4 heterocycles. The normalized spacial score (nSPS) is 17.2. The number of tetrazole rings is 1. The SMILES string of the molecule is O=C(c1cn[nH]c1-n1cnnn1)N1CCC[C@@H]1c1nc2ccccc2s1. The molecular formula is C16H14N8OS. The number of H-pyrrole nitrogens is 1. The number of carbonyl (C=O) groups excluding carboxylic acids is 1. The molecule has 130 valence electrons. The number of rotatable bonds is 3. The number of fused-ring (bicyclic) bond motifs is 1. The van der Waals surface area contributed by atoms with Crippen LogP contribution in [0.1, 0.15) is 34.2 Å². The average Bonchev–Trinajstić information content (AvgIpc) is 3.47. The molecule has 0 aliphatic carbocycles. The van der Waals surface area contributed by atoms with Crippen molar-refractivity contribution in [1.29, 1.82) is 0 Å². The maximum absolute atomic E-state index is 13.2. The van der Waals surface area contributed by atoms with Gasteiger partial charge >= 0.3 is 0 Å². The summed E-state index contributed by atoms with van der Waals surface area (Å²) in [5.74, 6) is 0.376. The van der Waals surface area contributed by atoms with Crippen molar-refractivity contribution < 1.29 is 4.79 Å². The summed E-state index contributed by atoms with van der Waals surface area (Å²) in [6.07, 6.45) is 4.81. The molecule has 4 aromatic rings. The summed E-state index contributed by atoms with van der Waals surface area (Å²) in [7, 11) is 0. The van der Waals surface area contributed by atoms with E-state index in [-0.39, 0.29) is 11.9 Å². The van der Waals surface area contributed by atoms with Crippen molar-refractivity contribution >= 4 is 27.5 Å². The third-order valence-corrected chi connectivity index (χ3v) is 5.67. The first-order valence-electron chi connectivity index (χ1n) is 8.24. The van der Waals surface area contributed by atoms with Crippen LogP contribution in [0.15, 0.2) is 36.8 Å². The molecule has 0 spiro atoms. The summed E-state index contributed by atoms with van der Waals surface area (Å²) in [4.78, 5) is 19.8. The van der Waals surface area contributed by atoms with E-state index in [9.17, 15) is 4.79 Å². The van der Waals surface area contributed by atoms with Crippen LogP contribution < -0.4 is 0 Å². The largest absolute Gasteiger partial charge is 0.329 e. The van der Waals surface area contributed by atoms with Crippen LogP contribution >= 0.6 is 11.3 Å². The van der Waals surface area contributed by atoms with Crippen molar-refractivity contribution in [3.63, 3.8) is 0 Å². The molecule has 0 saturated carbocycles. The number of benzene rings is 1. The van der Waals surface area contributed by atoms with Crippen LogP contribution in [0, 0.1) is 0 Å². The molecule has 5 rings (SSSR count). The highest BCUT2D eigenvalue weighted by atomic mass is 32.1. The van der Waals surface area contributed by atoms with Gasteiger partial charge in [0.05, 0.1) is 22.5 Å². The lowest BCUT2D eigenvalue weighted by Crippen LogP contribution is -2.31. The number of hydrogen-bond acceptors (Lipinski definition) is 7. The molecular weight excluding hydrogens is 352 g/mol. The quantitative estimate of drug-likeness (QED) is 0.594. The fourth-order valence-corrected chi connectivity index (χ4v) is 4.44. The number of hydrogen-bond donors (Lipinski definition) is 1. The summed E-state index contributed by atoms with van der Waals surface area (Å²) < 4.78 is 2.54. The monoisotopic (exact) mass is 366 g/mol. The number of nitrogens with zero attached hydrogens (tertiary/aromatic N) is 7. The molecule has 3 aromatic heterocycles. The standard InChI is InChI=1S/C16H14N8OS/c25-16(10-8-17-20-14(10)24-9-18-21-22-24)23-7-3-5-12(23)15-19-11-4-1-2-6-13(11)26-15/h1-2,4,6,8-9,12H,3,5,7H2,(H,17,20)/t12-/m1/s1. The number of thiazole rings is 1. The summed E-state index contributed by atoms with van der Waals surface area (Å²) >= 11 is 1.65. The number of para-hydroxylation sites is 1. The smallest absolute Gasteiger partial charge is 0.259 e. The zero-order valence-corrected chi connectivity index (χ0v) is 14.4. The van der Waals surface area contributed by atoms with Gasteiger partial charge in [-0.2, -0.15) is 9.78 Å². The van der Waals surface area contributed by atoms with Crippen LogP contribution in [-0.2, 0) is 0 Å². The van der Waals surface area contributed by atoms with Crippen molar-refractivity contribution in [3.05, 3.63) is 47.4 Å². The Kier molecular flexibility index (Phi) is 3.49. The maximum Gasteiger partial charge on any atom is 0.259 e. The van der Waals surface area contributed by atoms with Gasteiger partial charge in [0.15, 0.2) is 5.82 Å². The van der Waals surface area contributed by atoms with Crippen LogP contribution in [-0.4, -0.2) is 52.7 Å². The topological polar surface area (TPSA) is 105 Å². The minimum atomic E-state index is -0.0917. The summed E-state index contributed by atoms with van der Waals surface area (Å²) in [6.45, 7) is 0.694. The predicted molar refractivity (Wildman–Crippen MR) is 93.9 cm³/mol. The molecule has 1 atom stereocenters. The van der Waals surface area contributed by atoms with Crippen molar-refractivity contribution in [2.45, 2.75) is 18.9 Å². The van der Waals surface area contributed by atoms with Gasteiger partial charge in [0.25, 0.3) is 5.91 Å². The molecule has 1 saturated heterocycles. The van der Waals surface area contributed by atoms with E-state index >= 15 is 0 Å². The van der Waals surface area contributed by atoms with Gasteiger partial charge in [0.2, 0.25) is 0 Å². The second-order valence-electron chi connectivity index (χ2n) is 6.06. The molecule has 0 bridgehead atoms. The van der Waals surface area contributed by atoms with Crippen molar-refractivity contribution in [2.24, 2.45) is 0 Å². The zero-order chi connectivity index (χ0) is 17.5. The minimum Gasteiger partial charge on any atom is -0.329 e. The Bertz CT molecular complexity index is 1040. The fraction of sp³-hybridized carbons (Fsp3) is 0.250. The number of carbonyl (C=O) groups is 1. The van der Waals surface area contributed by atoms with Gasteiger partial charge in [-0.1, -0.05) is 12.1 Å². The summed E-state index contributed by atoms with van der Waals surface area (Å²) in [5, 5.41) is 18.8. The van der Waals surface area contributed by atoms with E-state index in [1.54, 1.807) is 11.3 Å². The van der Waals surface area contributed by atoms with Crippen molar-refractivity contribution in [2.75, 3.05) is 6.54 Å². The van der Waals surface area contributed by atoms with Crippen LogP contribution in [0.25, 0.3) is 16.0 Å². The van der Waals surface area contributed by atoms with E-state index < -0.39 is 0 Å². The highest BCUT2D eigenvalue weighted by Crippen LogP contribution is 2.37. The first-order valence-corrected chi connectivity index (χ1v) is 9.06. The lowest BCUT2D eigenvalue weighted by atomic mass is 10.2. The van der Waals surface area contributed by atoms with Gasteiger partial charge in [-0.15, -0.1) is 16.4 Å². The molecule has 1 amide bonds. The highest BCUT2D eigenvalue weighted by Gasteiger charge is 2.34. The molecule has 10 heteroatoms. The van der Waals surface area contributed by atoms with Crippen LogP contribution in [0.5, 0.6) is 0 Å². The van der Waals surface area contributed by atoms with Crippen molar-refractivity contribution in [1.82, 2.24) is 40.3 Å². The Balaban J connectivity index is 1.49. The van der Waals surface area contributed by atoms with E-state index in [0.29, 0.717) is 17.9 Å². The van der Waals surface area contributed by atoms with E-state index in [0.717, 1.165) is 28.1 Å². The summed E-state index contributed by atoms with van der Waals surface area (Å²) in [6, 6.07) is 8.03. The second-order valence-corrected chi connectivity index (χ2v) is 7.13. The van der Waals surface area contributed by atoms with Crippen molar-refractivity contribution in [3.8, 4) is 5.82 Å². The third-order valence-electron chi connectivity index (χ3n) is 4.54. The zero-order valence-electron chi connectivity index (χ0n) is 13.6. The van der Waals surface area contributed by atoms with Crippen LogP contribution in [0.4, 0.5) is 0 Å². The van der Waals surface area contributed by atoms with Crippen LogP contribution in [0.3, 0.4) is 0 Å². The van der Waals surface area contributed by atoms with Gasteiger partial charge in [-0.05, 0) is 35.4 Å². The van der Waals surface area contributed by atoms with Gasteiger partial charge in [0, 0.05) is 6.54 Å².